The number of hydrogen-bond donors (Lipinski definition) is 2. The number of nitrogens with two attached hydrogens (primary N) is 1. The Bertz CT molecular complexity index is 402. The van der Waals surface area contributed by atoms with Crippen molar-refractivity contribution in [2.45, 2.75) is 26.8 Å². The van der Waals surface area contributed by atoms with Gasteiger partial charge in [-0.15, -0.1) is 24.0 Å². The predicted octanol–water partition coefficient (Wildman–Crippen LogP) is 1.17. The maximum Gasteiger partial charge on any atom is 0.216 e. The Balaban J connectivity index is 0.00000289. The summed E-state index contributed by atoms with van der Waals surface area (Å²) in [4.78, 5) is 4.26. The molecule has 0 aliphatic heterocycles. The van der Waals surface area contributed by atoms with Crippen LogP contribution in [0.1, 0.15) is 24.6 Å². The van der Waals surface area contributed by atoms with E-state index in [1.165, 1.54) is 0 Å². The predicted molar refractivity (Wildman–Crippen MR) is 83.5 cm³/mol. The highest BCUT2D eigenvalue weighted by molar-refractivity contribution is 14.0. The van der Waals surface area contributed by atoms with Crippen LogP contribution in [-0.4, -0.2) is 29.4 Å². The van der Waals surface area contributed by atoms with Crippen LogP contribution in [0.4, 0.5) is 0 Å². The Morgan fingerprint density at radius 1 is 1.56 bits per heavy atom. The lowest BCUT2D eigenvalue weighted by Crippen LogP contribution is -2.32. The maximum atomic E-state index is 5.73. The van der Waals surface area contributed by atoms with E-state index in [2.05, 4.69) is 22.3 Å². The molecule has 1 rings (SSSR count). The van der Waals surface area contributed by atoms with Crippen molar-refractivity contribution in [3.63, 3.8) is 0 Å². The zero-order valence-electron chi connectivity index (χ0n) is 11.4. The van der Waals surface area contributed by atoms with Gasteiger partial charge in [0.25, 0.3) is 0 Å². The number of hydrogen-bond acceptors (Lipinski definition) is 3. The Kier molecular flexibility index (Phi) is 7.72. The van der Waals surface area contributed by atoms with Gasteiger partial charge in [0, 0.05) is 13.6 Å². The summed E-state index contributed by atoms with van der Waals surface area (Å²) in [6.07, 6.45) is 1.02. The standard InChI is InChI=1S/C11H21N5O.HI/c1-5-6-13-11(12)14-7-9-8(2)15-16(3)10(9)17-4;/h5-7H2,1-4H3,(H3,12,13,14);1H. The molecule has 0 aliphatic rings. The number of methoxy groups -OCH3 is 1. The van der Waals surface area contributed by atoms with E-state index in [1.54, 1.807) is 11.8 Å². The van der Waals surface area contributed by atoms with E-state index in [1.807, 2.05) is 14.0 Å². The molecule has 0 bridgehead atoms. The van der Waals surface area contributed by atoms with Crippen LogP contribution < -0.4 is 15.8 Å². The molecule has 1 aromatic rings. The number of rotatable bonds is 5. The monoisotopic (exact) mass is 367 g/mol. The van der Waals surface area contributed by atoms with E-state index in [4.69, 9.17) is 10.5 Å². The first-order valence-corrected chi connectivity index (χ1v) is 5.70. The molecule has 0 saturated carbocycles. The lowest BCUT2D eigenvalue weighted by molar-refractivity contribution is 0.369. The summed E-state index contributed by atoms with van der Waals surface area (Å²) in [5.74, 6) is 1.19. The molecule has 0 fully saturated rings. The van der Waals surface area contributed by atoms with Gasteiger partial charge in [-0.1, -0.05) is 6.92 Å². The van der Waals surface area contributed by atoms with Crippen molar-refractivity contribution >= 4 is 29.9 Å². The molecule has 0 spiro atoms. The first kappa shape index (κ1) is 17.0. The summed E-state index contributed by atoms with van der Waals surface area (Å²) in [7, 11) is 3.47. The molecule has 0 aliphatic carbocycles. The van der Waals surface area contributed by atoms with Crippen molar-refractivity contribution in [3.8, 4) is 5.88 Å². The molecule has 6 nitrogen and oxygen atoms in total. The molecule has 1 heterocycles. The van der Waals surface area contributed by atoms with Gasteiger partial charge in [0.2, 0.25) is 5.88 Å². The molecule has 0 atom stereocenters. The van der Waals surface area contributed by atoms with E-state index >= 15 is 0 Å². The maximum absolute atomic E-state index is 5.73. The summed E-state index contributed by atoms with van der Waals surface area (Å²) in [5, 5.41) is 7.31. The smallest absolute Gasteiger partial charge is 0.216 e. The third-order valence-electron chi connectivity index (χ3n) is 2.45. The zero-order chi connectivity index (χ0) is 12.8. The molecule has 18 heavy (non-hydrogen) atoms. The van der Waals surface area contributed by atoms with Crippen LogP contribution in [-0.2, 0) is 13.6 Å². The lowest BCUT2D eigenvalue weighted by atomic mass is 10.2. The molecule has 0 unspecified atom stereocenters. The van der Waals surface area contributed by atoms with Crippen molar-refractivity contribution in [2.24, 2.45) is 17.8 Å². The van der Waals surface area contributed by atoms with Gasteiger partial charge >= 0.3 is 0 Å². The largest absolute Gasteiger partial charge is 0.481 e. The van der Waals surface area contributed by atoms with Crippen LogP contribution in [0.25, 0.3) is 0 Å². The SMILES string of the molecule is CCCNC(N)=NCc1c(C)nn(C)c1OC.I. The van der Waals surface area contributed by atoms with Gasteiger partial charge in [0.15, 0.2) is 5.96 Å². The molecule has 3 N–H and O–H groups in total. The van der Waals surface area contributed by atoms with Crippen LogP contribution in [0, 0.1) is 6.92 Å². The molecule has 0 saturated heterocycles. The topological polar surface area (TPSA) is 77.5 Å². The second kappa shape index (κ2) is 8.17. The van der Waals surface area contributed by atoms with Gasteiger partial charge in [-0.25, -0.2) is 9.67 Å². The van der Waals surface area contributed by atoms with Crippen LogP contribution in [0.5, 0.6) is 5.88 Å². The number of nitrogens with zero attached hydrogens (tertiary/aromatic N) is 3. The minimum absolute atomic E-state index is 0. The molecule has 0 radical (unpaired) electrons. The van der Waals surface area contributed by atoms with Gasteiger partial charge in [-0.3, -0.25) is 0 Å². The van der Waals surface area contributed by atoms with Crippen molar-refractivity contribution in [2.75, 3.05) is 13.7 Å². The highest BCUT2D eigenvalue weighted by atomic mass is 127. The third kappa shape index (κ3) is 4.35. The highest BCUT2D eigenvalue weighted by Gasteiger charge is 2.12. The van der Waals surface area contributed by atoms with Gasteiger partial charge in [-0.2, -0.15) is 5.10 Å². The van der Waals surface area contributed by atoms with E-state index in [0.717, 1.165) is 30.1 Å². The van der Waals surface area contributed by atoms with Gasteiger partial charge in [0.05, 0.1) is 24.9 Å². The fraction of sp³-hybridized carbons (Fsp3) is 0.636. The molecule has 104 valence electrons. The van der Waals surface area contributed by atoms with E-state index < -0.39 is 0 Å². The fourth-order valence-corrected chi connectivity index (χ4v) is 1.59. The number of aryl methyl sites for hydroxylation is 2. The Hall–Kier alpha value is -0.990. The summed E-state index contributed by atoms with van der Waals surface area (Å²) >= 11 is 0. The number of nitrogens with one attached hydrogen (secondary N) is 1. The second-order valence-electron chi connectivity index (χ2n) is 3.83. The van der Waals surface area contributed by atoms with E-state index in [-0.39, 0.29) is 24.0 Å². The van der Waals surface area contributed by atoms with Gasteiger partial charge in [-0.05, 0) is 13.3 Å². The minimum atomic E-state index is 0. The molecular weight excluding hydrogens is 345 g/mol. The van der Waals surface area contributed by atoms with Crippen LogP contribution >= 0.6 is 24.0 Å². The number of aliphatic imine (C=N–C) groups is 1. The van der Waals surface area contributed by atoms with Crippen molar-refractivity contribution in [1.82, 2.24) is 15.1 Å². The highest BCUT2D eigenvalue weighted by Crippen LogP contribution is 2.21. The van der Waals surface area contributed by atoms with Crippen molar-refractivity contribution in [1.29, 1.82) is 0 Å². The van der Waals surface area contributed by atoms with Gasteiger partial charge in [0.1, 0.15) is 0 Å². The van der Waals surface area contributed by atoms with Crippen LogP contribution in [0.3, 0.4) is 0 Å². The number of aromatic nitrogens is 2. The zero-order valence-corrected chi connectivity index (χ0v) is 13.7. The average molecular weight is 367 g/mol. The number of ether oxygens (including phenoxy) is 1. The van der Waals surface area contributed by atoms with Crippen LogP contribution in [0.15, 0.2) is 4.99 Å². The van der Waals surface area contributed by atoms with E-state index in [9.17, 15) is 0 Å². The summed E-state index contributed by atoms with van der Waals surface area (Å²) < 4.78 is 6.98. The second-order valence-corrected chi connectivity index (χ2v) is 3.83. The Morgan fingerprint density at radius 3 is 2.78 bits per heavy atom. The Labute approximate surface area is 125 Å². The first-order chi connectivity index (χ1) is 8.10. The summed E-state index contributed by atoms with van der Waals surface area (Å²) in [6, 6.07) is 0. The molecular formula is C11H22IN5O. The lowest BCUT2D eigenvalue weighted by Gasteiger charge is -2.05. The van der Waals surface area contributed by atoms with Gasteiger partial charge < -0.3 is 15.8 Å². The summed E-state index contributed by atoms with van der Waals surface area (Å²) in [6.45, 7) is 5.32. The Morgan fingerprint density at radius 2 is 2.22 bits per heavy atom. The molecule has 0 amide bonds. The molecule has 0 aromatic carbocycles. The summed E-state index contributed by atoms with van der Waals surface area (Å²) in [5.41, 5.74) is 7.61. The van der Waals surface area contributed by atoms with Crippen molar-refractivity contribution in [3.05, 3.63) is 11.3 Å². The van der Waals surface area contributed by atoms with Crippen molar-refractivity contribution < 1.29 is 4.74 Å². The minimum Gasteiger partial charge on any atom is -0.481 e. The van der Waals surface area contributed by atoms with Crippen LogP contribution in [0.2, 0.25) is 0 Å². The number of guanidine groups is 1. The quantitative estimate of drug-likeness (QED) is 0.465. The normalized spacial score (nSPS) is 11.0. The fourth-order valence-electron chi connectivity index (χ4n) is 1.59. The average Bonchev–Trinajstić information content (AvgIpc) is 2.57. The number of halogens is 1. The molecule has 1 aromatic heterocycles. The van der Waals surface area contributed by atoms with E-state index in [0.29, 0.717) is 12.5 Å². The first-order valence-electron chi connectivity index (χ1n) is 5.70. The third-order valence-corrected chi connectivity index (χ3v) is 2.45. The molecule has 7 heteroatoms.